The first-order valence-electron chi connectivity index (χ1n) is 6.78. The maximum Gasteiger partial charge on any atom is 0.241 e. The Kier molecular flexibility index (Phi) is 6.39. The van der Waals surface area contributed by atoms with Crippen LogP contribution in [0.1, 0.15) is 31.7 Å². The highest BCUT2D eigenvalue weighted by molar-refractivity contribution is 7.89. The Hall–Kier alpha value is -1.17. The minimum Gasteiger partial charge on any atom is -0.394 e. The zero-order chi connectivity index (χ0) is 15.2. The molecule has 0 saturated heterocycles. The summed E-state index contributed by atoms with van der Waals surface area (Å²) in [6.45, 7) is 7.53. The Morgan fingerprint density at radius 3 is 2.45 bits per heavy atom. The van der Waals surface area contributed by atoms with Gasteiger partial charge in [-0.3, -0.25) is 0 Å². The molecule has 0 aromatic heterocycles. The molecule has 112 valence electrons. The summed E-state index contributed by atoms with van der Waals surface area (Å²) < 4.78 is 27.0. The second-order valence-corrected chi connectivity index (χ2v) is 6.65. The maximum atomic E-state index is 12.2. The molecule has 0 aliphatic carbocycles. The third kappa shape index (κ3) is 4.74. The molecule has 0 aliphatic heterocycles. The molecule has 0 bridgehead atoms. The van der Waals surface area contributed by atoms with Crippen molar-refractivity contribution in [3.8, 4) is 0 Å². The fraction of sp³-hybridized carbons (Fsp3) is 0.467. The highest BCUT2D eigenvalue weighted by Crippen LogP contribution is 2.15. The van der Waals surface area contributed by atoms with Crippen LogP contribution in [-0.2, 0) is 10.0 Å². The van der Waals surface area contributed by atoms with E-state index >= 15 is 0 Å². The monoisotopic (exact) mass is 297 g/mol. The first kappa shape index (κ1) is 16.9. The van der Waals surface area contributed by atoms with Crippen molar-refractivity contribution >= 4 is 10.0 Å². The lowest BCUT2D eigenvalue weighted by Gasteiger charge is -2.19. The molecule has 1 atom stereocenters. The van der Waals surface area contributed by atoms with Crippen LogP contribution in [0.3, 0.4) is 0 Å². The molecule has 1 aromatic carbocycles. The van der Waals surface area contributed by atoms with Gasteiger partial charge in [-0.25, -0.2) is 13.1 Å². The smallest absolute Gasteiger partial charge is 0.241 e. The number of aliphatic hydroxyl groups is 1. The van der Waals surface area contributed by atoms with Gasteiger partial charge in [0.25, 0.3) is 0 Å². The predicted octanol–water partition coefficient (Wildman–Crippen LogP) is 2.38. The van der Waals surface area contributed by atoms with Crippen molar-refractivity contribution in [1.82, 2.24) is 4.72 Å². The number of unbranched alkanes of at least 4 members (excludes halogenated alkanes) is 1. The largest absolute Gasteiger partial charge is 0.394 e. The van der Waals surface area contributed by atoms with E-state index in [0.29, 0.717) is 12.0 Å². The molecule has 0 amide bonds. The first-order chi connectivity index (χ1) is 9.40. The Balaban J connectivity index is 2.82. The molecule has 0 spiro atoms. The average molecular weight is 297 g/mol. The molecule has 0 fully saturated rings. The predicted molar refractivity (Wildman–Crippen MR) is 81.0 cm³/mol. The van der Waals surface area contributed by atoms with Crippen molar-refractivity contribution in [3.05, 3.63) is 42.0 Å². The van der Waals surface area contributed by atoms with Crippen LogP contribution in [0.2, 0.25) is 0 Å². The molecule has 1 rings (SSSR count). The number of aryl methyl sites for hydroxylation is 1. The highest BCUT2D eigenvalue weighted by Gasteiger charge is 2.21. The van der Waals surface area contributed by atoms with E-state index in [1.54, 1.807) is 24.3 Å². The van der Waals surface area contributed by atoms with Gasteiger partial charge in [0, 0.05) is 0 Å². The Morgan fingerprint density at radius 2 is 1.95 bits per heavy atom. The van der Waals surface area contributed by atoms with E-state index < -0.39 is 16.1 Å². The zero-order valence-corrected chi connectivity index (χ0v) is 12.9. The van der Waals surface area contributed by atoms with E-state index in [1.807, 2.05) is 6.92 Å². The van der Waals surface area contributed by atoms with Gasteiger partial charge in [-0.15, -0.1) is 0 Å². The fourth-order valence-corrected chi connectivity index (χ4v) is 3.05. The van der Waals surface area contributed by atoms with Gasteiger partial charge in [0.2, 0.25) is 10.0 Å². The Bertz CT molecular complexity index is 535. The molecule has 20 heavy (non-hydrogen) atoms. The summed E-state index contributed by atoms with van der Waals surface area (Å²) in [5.41, 5.74) is 1.71. The Morgan fingerprint density at radius 1 is 1.35 bits per heavy atom. The summed E-state index contributed by atoms with van der Waals surface area (Å²) >= 11 is 0. The number of rotatable bonds is 8. The number of hydrogen-bond donors (Lipinski definition) is 2. The molecule has 1 aromatic rings. The lowest BCUT2D eigenvalue weighted by Crippen LogP contribution is -2.38. The standard InChI is InChI=1S/C15H23NO3S/c1-4-5-6-13(3)15(11-17)16-20(18,19)14-9-7-12(2)8-10-14/h7-10,15-17H,3-6,11H2,1-2H3. The molecule has 0 saturated carbocycles. The molecular formula is C15H23NO3S. The lowest BCUT2D eigenvalue weighted by molar-refractivity contribution is 0.269. The quantitative estimate of drug-likeness (QED) is 0.724. The SMILES string of the molecule is C=C(CCCC)C(CO)NS(=O)(=O)c1ccc(C)cc1. The number of hydrogen-bond acceptors (Lipinski definition) is 3. The molecular weight excluding hydrogens is 274 g/mol. The van der Waals surface area contributed by atoms with Gasteiger partial charge in [-0.05, 0) is 31.9 Å². The van der Waals surface area contributed by atoms with Crippen LogP contribution in [0.5, 0.6) is 0 Å². The third-order valence-corrected chi connectivity index (χ3v) is 4.64. The highest BCUT2D eigenvalue weighted by atomic mass is 32.2. The van der Waals surface area contributed by atoms with Gasteiger partial charge in [0.05, 0.1) is 17.5 Å². The van der Waals surface area contributed by atoms with Crippen molar-refractivity contribution in [1.29, 1.82) is 0 Å². The van der Waals surface area contributed by atoms with Gasteiger partial charge in [0.15, 0.2) is 0 Å². The summed E-state index contributed by atoms with van der Waals surface area (Å²) in [6, 6.07) is 5.97. The normalized spacial score (nSPS) is 13.2. The second-order valence-electron chi connectivity index (χ2n) is 4.93. The fourth-order valence-electron chi connectivity index (χ4n) is 1.80. The topological polar surface area (TPSA) is 66.4 Å². The van der Waals surface area contributed by atoms with E-state index in [0.717, 1.165) is 18.4 Å². The number of sulfonamides is 1. The molecule has 1 unspecified atom stereocenters. The van der Waals surface area contributed by atoms with Crippen LogP contribution < -0.4 is 4.72 Å². The van der Waals surface area contributed by atoms with Crippen molar-refractivity contribution in [2.75, 3.05) is 6.61 Å². The van der Waals surface area contributed by atoms with Gasteiger partial charge >= 0.3 is 0 Å². The minimum atomic E-state index is -3.63. The van der Waals surface area contributed by atoms with Gasteiger partial charge in [-0.1, -0.05) is 43.2 Å². The van der Waals surface area contributed by atoms with Crippen LogP contribution in [0.25, 0.3) is 0 Å². The molecule has 4 nitrogen and oxygen atoms in total. The number of nitrogens with one attached hydrogen (secondary N) is 1. The number of aliphatic hydroxyl groups excluding tert-OH is 1. The van der Waals surface area contributed by atoms with Crippen molar-refractivity contribution in [2.45, 2.75) is 44.0 Å². The Labute approximate surface area is 121 Å². The van der Waals surface area contributed by atoms with Crippen LogP contribution in [0.15, 0.2) is 41.3 Å². The average Bonchev–Trinajstić information content (AvgIpc) is 2.42. The minimum absolute atomic E-state index is 0.199. The van der Waals surface area contributed by atoms with Crippen molar-refractivity contribution in [3.63, 3.8) is 0 Å². The molecule has 5 heteroatoms. The molecule has 0 aliphatic rings. The lowest BCUT2D eigenvalue weighted by atomic mass is 10.0. The van der Waals surface area contributed by atoms with E-state index in [-0.39, 0.29) is 11.5 Å². The summed E-state index contributed by atoms with van der Waals surface area (Å²) in [4.78, 5) is 0.199. The summed E-state index contributed by atoms with van der Waals surface area (Å²) in [7, 11) is -3.63. The van der Waals surface area contributed by atoms with Crippen LogP contribution in [0.4, 0.5) is 0 Å². The van der Waals surface area contributed by atoms with E-state index in [1.165, 1.54) is 0 Å². The maximum absolute atomic E-state index is 12.2. The molecule has 0 radical (unpaired) electrons. The second kappa shape index (κ2) is 7.57. The van der Waals surface area contributed by atoms with Crippen LogP contribution in [-0.4, -0.2) is 26.2 Å². The zero-order valence-electron chi connectivity index (χ0n) is 12.1. The first-order valence-corrected chi connectivity index (χ1v) is 8.26. The molecule has 0 heterocycles. The van der Waals surface area contributed by atoms with Crippen LogP contribution in [0, 0.1) is 6.92 Å². The third-order valence-electron chi connectivity index (χ3n) is 3.16. The summed E-state index contributed by atoms with van der Waals surface area (Å²) in [5.74, 6) is 0. The summed E-state index contributed by atoms with van der Waals surface area (Å²) in [6.07, 6.45) is 2.64. The van der Waals surface area contributed by atoms with Crippen molar-refractivity contribution < 1.29 is 13.5 Å². The summed E-state index contributed by atoms with van der Waals surface area (Å²) in [5, 5.41) is 9.36. The van der Waals surface area contributed by atoms with Gasteiger partial charge in [0.1, 0.15) is 0 Å². The van der Waals surface area contributed by atoms with E-state index in [2.05, 4.69) is 18.2 Å². The van der Waals surface area contributed by atoms with Gasteiger partial charge < -0.3 is 5.11 Å². The van der Waals surface area contributed by atoms with Crippen LogP contribution >= 0.6 is 0 Å². The van der Waals surface area contributed by atoms with Gasteiger partial charge in [-0.2, -0.15) is 0 Å². The molecule has 2 N–H and O–H groups in total. The van der Waals surface area contributed by atoms with Crippen molar-refractivity contribution in [2.24, 2.45) is 0 Å². The number of benzene rings is 1. The van der Waals surface area contributed by atoms with E-state index in [9.17, 15) is 13.5 Å². The van der Waals surface area contributed by atoms with E-state index in [4.69, 9.17) is 0 Å².